The Balaban J connectivity index is 1.63. The Kier molecular flexibility index (Phi) is 4.96. The Hall–Kier alpha value is -2.59. The summed E-state index contributed by atoms with van der Waals surface area (Å²) >= 11 is 0. The predicted octanol–water partition coefficient (Wildman–Crippen LogP) is 4.25. The highest BCUT2D eigenvalue weighted by Crippen LogP contribution is 2.20. The molecule has 4 heteroatoms. The molecule has 0 aliphatic heterocycles. The van der Waals surface area contributed by atoms with Crippen LogP contribution in [0.15, 0.2) is 89.8 Å². The molecule has 3 nitrogen and oxygen atoms in total. The number of para-hydroxylation sites is 1. The zero-order chi connectivity index (χ0) is 16.8. The first-order chi connectivity index (χ1) is 11.6. The number of ether oxygens (including phenoxy) is 1. The third kappa shape index (κ3) is 4.03. The van der Waals surface area contributed by atoms with Gasteiger partial charge in [0.1, 0.15) is 12.4 Å². The van der Waals surface area contributed by atoms with Gasteiger partial charge in [0.2, 0.25) is 0 Å². The molecule has 0 N–H and O–H groups in total. The van der Waals surface area contributed by atoms with E-state index < -0.39 is 9.84 Å². The lowest BCUT2D eigenvalue weighted by atomic mass is 10.1. The van der Waals surface area contributed by atoms with Crippen LogP contribution in [0.25, 0.3) is 10.8 Å². The van der Waals surface area contributed by atoms with Crippen molar-refractivity contribution < 1.29 is 13.2 Å². The van der Waals surface area contributed by atoms with Crippen molar-refractivity contribution in [2.24, 2.45) is 0 Å². The van der Waals surface area contributed by atoms with Gasteiger partial charge in [-0.05, 0) is 35.0 Å². The summed E-state index contributed by atoms with van der Waals surface area (Å²) in [5, 5.41) is 1.96. The Bertz CT molecular complexity index is 945. The van der Waals surface area contributed by atoms with E-state index in [-0.39, 0.29) is 5.75 Å². The van der Waals surface area contributed by atoms with E-state index in [1.807, 2.05) is 60.7 Å². The van der Waals surface area contributed by atoms with Crippen molar-refractivity contribution in [3.8, 4) is 5.75 Å². The molecule has 24 heavy (non-hydrogen) atoms. The molecule has 0 saturated carbocycles. The summed E-state index contributed by atoms with van der Waals surface area (Å²) in [6.07, 6.45) is 3.36. The second-order valence-corrected chi connectivity index (χ2v) is 7.42. The van der Waals surface area contributed by atoms with E-state index in [2.05, 4.69) is 0 Å². The highest BCUT2D eigenvalue weighted by atomic mass is 32.2. The van der Waals surface area contributed by atoms with E-state index in [0.29, 0.717) is 11.5 Å². The quantitative estimate of drug-likeness (QED) is 0.631. The van der Waals surface area contributed by atoms with E-state index in [0.717, 1.165) is 16.5 Å². The molecule has 0 heterocycles. The topological polar surface area (TPSA) is 43.4 Å². The van der Waals surface area contributed by atoms with Crippen LogP contribution in [0.5, 0.6) is 5.75 Å². The standard InChI is InChI=1S/C20H18O3S/c21-24(22,15-7-6-14-23-19-10-2-1-3-11-19)20-13-12-17-8-4-5-9-18(17)16-20/h1-13,16H,14-15H2/b7-6-. The summed E-state index contributed by atoms with van der Waals surface area (Å²) in [7, 11) is -3.34. The molecule has 0 atom stereocenters. The summed E-state index contributed by atoms with van der Waals surface area (Å²) < 4.78 is 30.3. The highest BCUT2D eigenvalue weighted by Gasteiger charge is 2.12. The monoisotopic (exact) mass is 338 g/mol. The van der Waals surface area contributed by atoms with Gasteiger partial charge in [0.05, 0.1) is 10.6 Å². The smallest absolute Gasteiger partial charge is 0.181 e. The minimum absolute atomic E-state index is 0.0382. The van der Waals surface area contributed by atoms with Crippen molar-refractivity contribution in [1.29, 1.82) is 0 Å². The molecule has 0 spiro atoms. The SMILES string of the molecule is O=S(=O)(C/C=C\COc1ccccc1)c1ccc2ccccc2c1. The average molecular weight is 338 g/mol. The van der Waals surface area contributed by atoms with Gasteiger partial charge in [0.15, 0.2) is 9.84 Å². The minimum Gasteiger partial charge on any atom is -0.490 e. The van der Waals surface area contributed by atoms with Crippen LogP contribution in [0.2, 0.25) is 0 Å². The van der Waals surface area contributed by atoms with Crippen molar-refractivity contribution in [3.63, 3.8) is 0 Å². The number of hydrogen-bond acceptors (Lipinski definition) is 3. The van der Waals surface area contributed by atoms with E-state index in [1.54, 1.807) is 24.3 Å². The average Bonchev–Trinajstić information content (AvgIpc) is 2.62. The maximum Gasteiger partial charge on any atom is 0.181 e. The summed E-state index contributed by atoms with van der Waals surface area (Å²) in [6, 6.07) is 22.4. The van der Waals surface area contributed by atoms with E-state index in [9.17, 15) is 8.42 Å². The first-order valence-electron chi connectivity index (χ1n) is 7.69. The summed E-state index contributed by atoms with van der Waals surface area (Å²) in [5.74, 6) is 0.725. The Morgan fingerprint density at radius 1 is 0.792 bits per heavy atom. The predicted molar refractivity (Wildman–Crippen MR) is 97.1 cm³/mol. The van der Waals surface area contributed by atoms with Gasteiger partial charge < -0.3 is 4.74 Å². The van der Waals surface area contributed by atoms with Gasteiger partial charge in [-0.3, -0.25) is 0 Å². The van der Waals surface area contributed by atoms with Crippen molar-refractivity contribution in [2.45, 2.75) is 4.90 Å². The Morgan fingerprint density at radius 3 is 2.29 bits per heavy atom. The van der Waals surface area contributed by atoms with Gasteiger partial charge in [-0.1, -0.05) is 60.7 Å². The van der Waals surface area contributed by atoms with Gasteiger partial charge in [-0.2, -0.15) is 0 Å². The lowest BCUT2D eigenvalue weighted by Gasteiger charge is -2.04. The van der Waals surface area contributed by atoms with Crippen LogP contribution < -0.4 is 4.74 Å². The molecule has 0 bridgehead atoms. The molecule has 122 valence electrons. The molecule has 3 rings (SSSR count). The first-order valence-corrected chi connectivity index (χ1v) is 9.35. The van der Waals surface area contributed by atoms with Crippen molar-refractivity contribution in [3.05, 3.63) is 84.9 Å². The van der Waals surface area contributed by atoms with Gasteiger partial charge in [-0.25, -0.2) is 8.42 Å². The fraction of sp³-hybridized carbons (Fsp3) is 0.100. The van der Waals surface area contributed by atoms with Crippen LogP contribution in [0.4, 0.5) is 0 Å². The molecule has 0 amide bonds. The van der Waals surface area contributed by atoms with Gasteiger partial charge in [0.25, 0.3) is 0 Å². The zero-order valence-electron chi connectivity index (χ0n) is 13.1. The summed E-state index contributed by atoms with van der Waals surface area (Å²) in [4.78, 5) is 0.342. The molecule has 0 unspecified atom stereocenters. The van der Waals surface area contributed by atoms with Crippen LogP contribution in [-0.2, 0) is 9.84 Å². The van der Waals surface area contributed by atoms with Crippen LogP contribution in [0.3, 0.4) is 0 Å². The van der Waals surface area contributed by atoms with Gasteiger partial charge in [-0.15, -0.1) is 0 Å². The molecule has 0 aliphatic carbocycles. The third-order valence-electron chi connectivity index (χ3n) is 3.65. The fourth-order valence-corrected chi connectivity index (χ4v) is 3.54. The zero-order valence-corrected chi connectivity index (χ0v) is 13.9. The second-order valence-electron chi connectivity index (χ2n) is 5.39. The summed E-state index contributed by atoms with van der Waals surface area (Å²) in [5.41, 5.74) is 0. The molecule has 0 saturated heterocycles. The van der Waals surface area contributed by atoms with Crippen LogP contribution >= 0.6 is 0 Å². The molecule has 0 aliphatic rings. The number of hydrogen-bond donors (Lipinski definition) is 0. The molecular formula is C20H18O3S. The fourth-order valence-electron chi connectivity index (χ4n) is 2.38. The van der Waals surface area contributed by atoms with Crippen molar-refractivity contribution >= 4 is 20.6 Å². The summed E-state index contributed by atoms with van der Waals surface area (Å²) in [6.45, 7) is 0.344. The number of sulfone groups is 1. The molecule has 0 radical (unpaired) electrons. The molecule has 3 aromatic carbocycles. The largest absolute Gasteiger partial charge is 0.490 e. The highest BCUT2D eigenvalue weighted by molar-refractivity contribution is 7.91. The lowest BCUT2D eigenvalue weighted by molar-refractivity contribution is 0.363. The molecule has 0 aromatic heterocycles. The minimum atomic E-state index is -3.34. The van der Waals surface area contributed by atoms with Crippen LogP contribution in [0.1, 0.15) is 0 Å². The Morgan fingerprint density at radius 2 is 1.50 bits per heavy atom. The van der Waals surface area contributed by atoms with E-state index >= 15 is 0 Å². The second kappa shape index (κ2) is 7.32. The van der Waals surface area contributed by atoms with E-state index in [1.165, 1.54) is 0 Å². The normalized spacial score (nSPS) is 11.8. The van der Waals surface area contributed by atoms with Gasteiger partial charge >= 0.3 is 0 Å². The lowest BCUT2D eigenvalue weighted by Crippen LogP contribution is -2.05. The molecule has 0 fully saturated rings. The van der Waals surface area contributed by atoms with E-state index in [4.69, 9.17) is 4.74 Å². The molecule has 3 aromatic rings. The number of benzene rings is 3. The van der Waals surface area contributed by atoms with Gasteiger partial charge in [0, 0.05) is 0 Å². The van der Waals surface area contributed by atoms with Crippen LogP contribution in [-0.4, -0.2) is 20.8 Å². The van der Waals surface area contributed by atoms with Crippen molar-refractivity contribution in [2.75, 3.05) is 12.4 Å². The maximum absolute atomic E-state index is 12.4. The maximum atomic E-state index is 12.4. The van der Waals surface area contributed by atoms with Crippen LogP contribution in [0, 0.1) is 0 Å². The Labute approximate surface area is 142 Å². The molecular weight excluding hydrogens is 320 g/mol. The number of rotatable bonds is 6. The van der Waals surface area contributed by atoms with Crippen molar-refractivity contribution in [1.82, 2.24) is 0 Å². The first kappa shape index (κ1) is 16.3. The third-order valence-corrected chi connectivity index (χ3v) is 5.26. The number of fused-ring (bicyclic) bond motifs is 1.